The van der Waals surface area contributed by atoms with Crippen molar-refractivity contribution < 1.29 is 8.42 Å². The summed E-state index contributed by atoms with van der Waals surface area (Å²) in [6.07, 6.45) is 4.03. The predicted octanol–water partition coefficient (Wildman–Crippen LogP) is -0.414. The van der Waals surface area contributed by atoms with E-state index in [1.807, 2.05) is 0 Å². The van der Waals surface area contributed by atoms with E-state index >= 15 is 0 Å². The van der Waals surface area contributed by atoms with E-state index in [4.69, 9.17) is 5.73 Å². The number of piperidine rings is 4. The van der Waals surface area contributed by atoms with Gasteiger partial charge in [0.15, 0.2) is 0 Å². The first-order valence-electron chi connectivity index (χ1n) is 7.78. The second kappa shape index (κ2) is 5.88. The molecule has 0 radical (unpaired) electrons. The summed E-state index contributed by atoms with van der Waals surface area (Å²) in [5.41, 5.74) is 5.66. The lowest BCUT2D eigenvalue weighted by atomic mass is 9.85. The summed E-state index contributed by atoms with van der Waals surface area (Å²) >= 11 is 0. The van der Waals surface area contributed by atoms with Crippen LogP contribution in [-0.4, -0.2) is 62.9 Å². The molecule has 4 rings (SSSR count). The fourth-order valence-electron chi connectivity index (χ4n) is 3.75. The van der Waals surface area contributed by atoms with E-state index in [0.717, 1.165) is 45.3 Å². The summed E-state index contributed by atoms with van der Waals surface area (Å²) < 4.78 is 29.5. The van der Waals surface area contributed by atoms with Crippen LogP contribution in [0, 0.1) is 11.8 Å². The Balaban J connectivity index is 1.59. The molecule has 116 valence electrons. The molecule has 0 saturated carbocycles. The van der Waals surface area contributed by atoms with E-state index in [1.54, 1.807) is 4.31 Å². The number of fused-ring (bicyclic) bond motifs is 3. The predicted molar refractivity (Wildman–Crippen MR) is 78.4 cm³/mol. The maximum Gasteiger partial charge on any atom is 0.279 e. The van der Waals surface area contributed by atoms with E-state index in [9.17, 15) is 8.42 Å². The van der Waals surface area contributed by atoms with Crippen LogP contribution in [0.3, 0.4) is 0 Å². The first kappa shape index (κ1) is 14.7. The standard InChI is InChI=1S/C13H26N4O2S/c14-9-11-1-7-17(8-2-11)20(18,19)15-13-10-16-5-3-12(13)4-6-16/h11-13,15H,1-10,14H2. The maximum absolute atomic E-state index is 12.5. The van der Waals surface area contributed by atoms with E-state index < -0.39 is 10.2 Å². The van der Waals surface area contributed by atoms with Gasteiger partial charge in [0.2, 0.25) is 0 Å². The third-order valence-electron chi connectivity index (χ3n) is 5.20. The summed E-state index contributed by atoms with van der Waals surface area (Å²) in [6.45, 7) is 5.02. The van der Waals surface area contributed by atoms with Crippen LogP contribution in [0.2, 0.25) is 0 Å². The van der Waals surface area contributed by atoms with E-state index in [1.165, 1.54) is 0 Å². The van der Waals surface area contributed by atoms with Crippen LogP contribution in [0.25, 0.3) is 0 Å². The fraction of sp³-hybridized carbons (Fsp3) is 1.00. The summed E-state index contributed by atoms with van der Waals surface area (Å²) in [4.78, 5) is 2.37. The zero-order chi connectivity index (χ0) is 14.2. The lowest BCUT2D eigenvalue weighted by molar-refractivity contribution is 0.0815. The monoisotopic (exact) mass is 302 g/mol. The minimum atomic E-state index is -3.32. The molecule has 3 N–H and O–H groups in total. The van der Waals surface area contributed by atoms with Gasteiger partial charge in [0, 0.05) is 25.7 Å². The topological polar surface area (TPSA) is 78.7 Å². The van der Waals surface area contributed by atoms with Gasteiger partial charge in [-0.3, -0.25) is 0 Å². The van der Waals surface area contributed by atoms with Crippen molar-refractivity contribution in [3.8, 4) is 0 Å². The minimum Gasteiger partial charge on any atom is -0.330 e. The quantitative estimate of drug-likeness (QED) is 0.740. The van der Waals surface area contributed by atoms with Gasteiger partial charge in [0.05, 0.1) is 0 Å². The van der Waals surface area contributed by atoms with E-state index in [2.05, 4.69) is 9.62 Å². The fourth-order valence-corrected chi connectivity index (χ4v) is 5.24. The largest absolute Gasteiger partial charge is 0.330 e. The first-order chi connectivity index (χ1) is 9.58. The van der Waals surface area contributed by atoms with E-state index in [-0.39, 0.29) is 6.04 Å². The summed E-state index contributed by atoms with van der Waals surface area (Å²) in [7, 11) is -3.32. The highest BCUT2D eigenvalue weighted by Crippen LogP contribution is 2.28. The van der Waals surface area contributed by atoms with Crippen LogP contribution in [0.1, 0.15) is 25.7 Å². The van der Waals surface area contributed by atoms with Gasteiger partial charge >= 0.3 is 0 Å². The zero-order valence-corrected chi connectivity index (χ0v) is 12.8. The Morgan fingerprint density at radius 1 is 1.05 bits per heavy atom. The molecule has 4 fully saturated rings. The Morgan fingerprint density at radius 2 is 1.70 bits per heavy atom. The minimum absolute atomic E-state index is 0.106. The average Bonchev–Trinajstić information content (AvgIpc) is 2.48. The molecule has 4 saturated heterocycles. The molecule has 7 heteroatoms. The number of hydrogen-bond donors (Lipinski definition) is 2. The van der Waals surface area contributed by atoms with Crippen molar-refractivity contribution in [3.63, 3.8) is 0 Å². The van der Waals surface area contributed by atoms with Gasteiger partial charge in [0.1, 0.15) is 0 Å². The number of nitrogens with one attached hydrogen (secondary N) is 1. The van der Waals surface area contributed by atoms with Crippen molar-refractivity contribution in [2.45, 2.75) is 31.7 Å². The first-order valence-corrected chi connectivity index (χ1v) is 9.22. The van der Waals surface area contributed by atoms with Gasteiger partial charge in [-0.1, -0.05) is 0 Å². The molecule has 0 amide bonds. The van der Waals surface area contributed by atoms with Gasteiger partial charge < -0.3 is 10.6 Å². The molecule has 4 heterocycles. The van der Waals surface area contributed by atoms with Crippen LogP contribution in [-0.2, 0) is 10.2 Å². The number of nitrogens with two attached hydrogens (primary N) is 1. The number of nitrogens with zero attached hydrogens (tertiary/aromatic N) is 2. The van der Waals surface area contributed by atoms with Crippen LogP contribution >= 0.6 is 0 Å². The Hall–Kier alpha value is -0.210. The molecule has 1 unspecified atom stereocenters. The normalized spacial score (nSPS) is 36.4. The van der Waals surface area contributed by atoms with Gasteiger partial charge in [0.25, 0.3) is 10.2 Å². The van der Waals surface area contributed by atoms with Crippen molar-refractivity contribution in [1.29, 1.82) is 0 Å². The highest BCUT2D eigenvalue weighted by molar-refractivity contribution is 7.87. The van der Waals surface area contributed by atoms with Crippen LogP contribution in [0.5, 0.6) is 0 Å². The molecule has 6 nitrogen and oxygen atoms in total. The molecular formula is C13H26N4O2S. The Bertz CT molecular complexity index is 426. The van der Waals surface area contributed by atoms with Gasteiger partial charge in [-0.2, -0.15) is 17.4 Å². The van der Waals surface area contributed by atoms with Crippen molar-refractivity contribution in [1.82, 2.24) is 13.9 Å². The van der Waals surface area contributed by atoms with Crippen molar-refractivity contribution in [3.05, 3.63) is 0 Å². The number of hydrogen-bond acceptors (Lipinski definition) is 4. The van der Waals surface area contributed by atoms with Crippen LogP contribution in [0.15, 0.2) is 0 Å². The lowest BCUT2D eigenvalue weighted by Gasteiger charge is -2.45. The van der Waals surface area contributed by atoms with Gasteiger partial charge in [-0.25, -0.2) is 0 Å². The highest BCUT2D eigenvalue weighted by Gasteiger charge is 2.38. The Morgan fingerprint density at radius 3 is 2.20 bits per heavy atom. The Kier molecular flexibility index (Phi) is 4.33. The van der Waals surface area contributed by atoms with Crippen molar-refractivity contribution in [2.24, 2.45) is 17.6 Å². The third kappa shape index (κ3) is 3.01. The molecule has 0 aliphatic carbocycles. The molecule has 4 aliphatic heterocycles. The van der Waals surface area contributed by atoms with E-state index in [0.29, 0.717) is 31.5 Å². The summed E-state index contributed by atoms with van der Waals surface area (Å²) in [6, 6.07) is 0.106. The number of rotatable bonds is 4. The highest BCUT2D eigenvalue weighted by atomic mass is 32.2. The second-order valence-corrected chi connectivity index (χ2v) is 8.15. The average molecular weight is 302 g/mol. The van der Waals surface area contributed by atoms with Crippen LogP contribution in [0.4, 0.5) is 0 Å². The van der Waals surface area contributed by atoms with Crippen molar-refractivity contribution >= 4 is 10.2 Å². The van der Waals surface area contributed by atoms with Crippen molar-refractivity contribution in [2.75, 3.05) is 39.3 Å². The summed E-state index contributed by atoms with van der Waals surface area (Å²) in [5.74, 6) is 1.01. The molecule has 20 heavy (non-hydrogen) atoms. The molecule has 4 aliphatic rings. The SMILES string of the molecule is NCC1CCN(S(=O)(=O)NC2CN3CCC2CC3)CC1. The summed E-state index contributed by atoms with van der Waals surface area (Å²) in [5, 5.41) is 0. The molecule has 2 bridgehead atoms. The smallest absolute Gasteiger partial charge is 0.279 e. The third-order valence-corrected chi connectivity index (χ3v) is 6.85. The van der Waals surface area contributed by atoms with Gasteiger partial charge in [-0.15, -0.1) is 0 Å². The molecule has 0 spiro atoms. The lowest BCUT2D eigenvalue weighted by Crippen LogP contribution is -2.59. The molecule has 1 atom stereocenters. The zero-order valence-electron chi connectivity index (χ0n) is 12.0. The molecule has 0 aromatic rings. The second-order valence-electron chi connectivity index (χ2n) is 6.45. The van der Waals surface area contributed by atoms with Gasteiger partial charge in [-0.05, 0) is 57.2 Å². The molecule has 0 aromatic carbocycles. The Labute approximate surface area is 121 Å². The molecular weight excluding hydrogens is 276 g/mol. The maximum atomic E-state index is 12.5. The van der Waals surface area contributed by atoms with Crippen LogP contribution < -0.4 is 10.5 Å². The molecule has 0 aromatic heterocycles.